The number of carbonyl (C=O) groups excluding carboxylic acids is 2. The molecule has 3 rings (SSSR count). The predicted molar refractivity (Wildman–Crippen MR) is 153 cm³/mol. The summed E-state index contributed by atoms with van der Waals surface area (Å²) in [4.78, 5) is 31.4. The first-order valence-corrected chi connectivity index (χ1v) is 13.5. The first-order chi connectivity index (χ1) is 21.7. The molecule has 2 N–H and O–H groups in total. The number of hydrogen-bond donors (Lipinski definition) is 2. The predicted octanol–water partition coefficient (Wildman–Crippen LogP) is 7.68. The zero-order valence-electron chi connectivity index (χ0n) is 24.6. The van der Waals surface area contributed by atoms with Crippen molar-refractivity contribution in [1.29, 1.82) is 0 Å². The van der Waals surface area contributed by atoms with Crippen LogP contribution in [0.25, 0.3) is 0 Å². The maximum atomic E-state index is 12.2. The van der Waals surface area contributed by atoms with Crippen molar-refractivity contribution in [3.05, 3.63) is 106 Å². The van der Waals surface area contributed by atoms with E-state index in [1.807, 2.05) is 0 Å². The molecule has 260 valence electrons. The Balaban J connectivity index is 0.000000658. The molecule has 0 saturated carbocycles. The molecule has 47 heavy (non-hydrogen) atoms. The molecule has 0 bridgehead atoms. The lowest BCUT2D eigenvalue weighted by Crippen LogP contribution is -2.09. The largest absolute Gasteiger partial charge is 0.481 e. The highest BCUT2D eigenvalue weighted by atomic mass is 79.9. The Kier molecular flexibility index (Phi) is 17.8. The van der Waals surface area contributed by atoms with Crippen LogP contribution >= 0.6 is 15.9 Å². The molecule has 7 nitrogen and oxygen atoms in total. The smallest absolute Gasteiger partial charge is 0.416 e. The van der Waals surface area contributed by atoms with Gasteiger partial charge in [-0.05, 0) is 53.1 Å². The van der Waals surface area contributed by atoms with E-state index < -0.39 is 58.0 Å². The quantitative estimate of drug-likeness (QED) is 0.151. The molecule has 0 radical (unpaired) electrons. The second-order valence-electron chi connectivity index (χ2n) is 8.72. The van der Waals surface area contributed by atoms with Crippen LogP contribution in [0.2, 0.25) is 0 Å². The Bertz CT molecular complexity index is 1390. The summed E-state index contributed by atoms with van der Waals surface area (Å²) in [5.74, 6) is -2.10. The van der Waals surface area contributed by atoms with E-state index in [0.29, 0.717) is 16.7 Å². The highest BCUT2D eigenvalue weighted by molar-refractivity contribution is 9.09. The number of methoxy groups -OCH3 is 2. The maximum Gasteiger partial charge on any atom is 0.416 e. The summed E-state index contributed by atoms with van der Waals surface area (Å²) >= 11 is 3.03. The molecular formula is C30H28BrF9O7. The summed E-state index contributed by atoms with van der Waals surface area (Å²) in [5.41, 5.74) is -0.983. The van der Waals surface area contributed by atoms with Crippen molar-refractivity contribution in [3.63, 3.8) is 0 Å². The summed E-state index contributed by atoms with van der Waals surface area (Å²) in [6.45, 7) is 0. The van der Waals surface area contributed by atoms with Gasteiger partial charge in [0.15, 0.2) is 0 Å². The number of aliphatic carboxylic acids is 1. The Morgan fingerprint density at radius 2 is 0.936 bits per heavy atom. The van der Waals surface area contributed by atoms with Crippen molar-refractivity contribution in [2.45, 2.75) is 36.2 Å². The van der Waals surface area contributed by atoms with Crippen molar-refractivity contribution < 1.29 is 73.6 Å². The zero-order valence-corrected chi connectivity index (χ0v) is 26.2. The van der Waals surface area contributed by atoms with Crippen molar-refractivity contribution in [2.75, 3.05) is 21.3 Å². The van der Waals surface area contributed by atoms with Crippen LogP contribution in [0, 0.1) is 0 Å². The summed E-state index contributed by atoms with van der Waals surface area (Å²) in [7, 11) is 3.44. The van der Waals surface area contributed by atoms with Gasteiger partial charge in [0.25, 0.3) is 0 Å². The molecule has 0 aliphatic carbocycles. The number of alkyl halides is 10. The molecule has 0 aliphatic heterocycles. The van der Waals surface area contributed by atoms with Gasteiger partial charge in [-0.1, -0.05) is 52.3 Å². The normalized spacial score (nSPS) is 11.6. The fraction of sp³-hybridized carbons (Fsp3) is 0.300. The molecule has 0 saturated heterocycles. The average Bonchev–Trinajstić information content (AvgIpc) is 3.01. The number of halogens is 10. The lowest BCUT2D eigenvalue weighted by molar-refractivity contribution is -0.140. The van der Waals surface area contributed by atoms with Crippen LogP contribution in [-0.4, -0.2) is 49.5 Å². The van der Waals surface area contributed by atoms with Gasteiger partial charge in [-0.25, -0.2) is 0 Å². The van der Waals surface area contributed by atoms with E-state index in [0.717, 1.165) is 55.6 Å². The molecule has 0 fully saturated rings. The van der Waals surface area contributed by atoms with Crippen molar-refractivity contribution in [1.82, 2.24) is 0 Å². The summed E-state index contributed by atoms with van der Waals surface area (Å²) in [5, 5.41) is 15.4. The fourth-order valence-corrected chi connectivity index (χ4v) is 3.61. The van der Waals surface area contributed by atoms with E-state index in [1.165, 1.54) is 38.5 Å². The Morgan fingerprint density at radius 1 is 0.617 bits per heavy atom. The summed E-state index contributed by atoms with van der Waals surface area (Å²) in [6.07, 6.45) is -13.4. The molecule has 3 aromatic carbocycles. The Labute approximate surface area is 271 Å². The number of aliphatic hydroxyl groups is 1. The Morgan fingerprint density at radius 3 is 1.21 bits per heavy atom. The van der Waals surface area contributed by atoms with Gasteiger partial charge in [-0.2, -0.15) is 39.5 Å². The maximum absolute atomic E-state index is 12.2. The number of benzene rings is 3. The van der Waals surface area contributed by atoms with Gasteiger partial charge in [0, 0.05) is 7.11 Å². The Hall–Kier alpha value is -4.12. The first kappa shape index (κ1) is 42.9. The second kappa shape index (κ2) is 19.5. The molecule has 0 aromatic heterocycles. The van der Waals surface area contributed by atoms with Gasteiger partial charge in [0.2, 0.25) is 0 Å². The average molecular weight is 751 g/mol. The van der Waals surface area contributed by atoms with E-state index >= 15 is 0 Å². The molecule has 0 amide bonds. The highest BCUT2D eigenvalue weighted by Gasteiger charge is 2.31. The van der Waals surface area contributed by atoms with Gasteiger partial charge in [-0.15, -0.1) is 0 Å². The lowest BCUT2D eigenvalue weighted by Gasteiger charge is -2.10. The number of carboxylic acid groups (broad SMARTS) is 1. The number of carboxylic acids is 1. The minimum Gasteiger partial charge on any atom is -0.481 e. The monoisotopic (exact) mass is 750 g/mol. The minimum absolute atomic E-state index is 0.0192. The molecule has 1 unspecified atom stereocenters. The minimum atomic E-state index is -4.37. The molecule has 1 atom stereocenters. The molecule has 0 spiro atoms. The van der Waals surface area contributed by atoms with Crippen LogP contribution in [0.4, 0.5) is 39.5 Å². The number of ether oxygens (including phenoxy) is 2. The van der Waals surface area contributed by atoms with E-state index in [9.17, 15) is 53.9 Å². The standard InChI is InChI=1S/C10H8BrF3O2.C10H9F3O2.C9H7F3O2.CH4O/c1-16-9(15)8(11)6-2-4-7(5-3-6)10(12,13)14;1-15-9(14)6-7-2-4-8(5-3-7)10(11,12)13;10-9(11,12)7-3-1-6(2-4-7)5-8(13)14;1-2/h2-5,8H,1H3;2-5H,6H2,1H3;1-4H,5H2,(H,13,14);2H,1H3. The number of rotatable bonds is 6. The van der Waals surface area contributed by atoms with Gasteiger partial charge in [-0.3, -0.25) is 14.4 Å². The third kappa shape index (κ3) is 16.3. The van der Waals surface area contributed by atoms with E-state index in [4.69, 9.17) is 10.2 Å². The third-order valence-electron chi connectivity index (χ3n) is 5.43. The van der Waals surface area contributed by atoms with Gasteiger partial charge >= 0.3 is 36.4 Å². The summed E-state index contributed by atoms with van der Waals surface area (Å²) < 4.78 is 118. The molecule has 0 aliphatic rings. The first-order valence-electron chi connectivity index (χ1n) is 12.6. The van der Waals surface area contributed by atoms with Crippen molar-refractivity contribution in [3.8, 4) is 0 Å². The molecular weight excluding hydrogens is 723 g/mol. The second-order valence-corrected chi connectivity index (χ2v) is 9.63. The molecule has 0 heterocycles. The number of carbonyl (C=O) groups is 3. The van der Waals surface area contributed by atoms with Crippen LogP contribution in [0.15, 0.2) is 72.8 Å². The number of hydrogen-bond acceptors (Lipinski definition) is 6. The van der Waals surface area contributed by atoms with E-state index in [2.05, 4.69) is 25.4 Å². The fourth-order valence-electron chi connectivity index (χ4n) is 3.12. The number of aliphatic hydroxyl groups excluding tert-OH is 1. The van der Waals surface area contributed by atoms with Crippen molar-refractivity contribution >= 4 is 33.8 Å². The van der Waals surface area contributed by atoms with Crippen molar-refractivity contribution in [2.24, 2.45) is 0 Å². The lowest BCUT2D eigenvalue weighted by atomic mass is 10.1. The molecule has 3 aromatic rings. The van der Waals surface area contributed by atoms with Crippen LogP contribution in [0.1, 0.15) is 38.2 Å². The van der Waals surface area contributed by atoms with Crippen LogP contribution < -0.4 is 0 Å². The van der Waals surface area contributed by atoms with Gasteiger partial charge in [0.05, 0.1) is 43.8 Å². The van der Waals surface area contributed by atoms with E-state index in [1.54, 1.807) is 0 Å². The van der Waals surface area contributed by atoms with Crippen LogP contribution in [0.5, 0.6) is 0 Å². The van der Waals surface area contributed by atoms with Gasteiger partial charge in [0.1, 0.15) is 4.83 Å². The van der Waals surface area contributed by atoms with Crippen LogP contribution in [0.3, 0.4) is 0 Å². The summed E-state index contributed by atoms with van der Waals surface area (Å²) in [6, 6.07) is 12.8. The van der Waals surface area contributed by atoms with Gasteiger partial charge < -0.3 is 19.7 Å². The highest BCUT2D eigenvalue weighted by Crippen LogP contribution is 2.32. The molecule has 17 heteroatoms. The third-order valence-corrected chi connectivity index (χ3v) is 6.34. The number of esters is 2. The van der Waals surface area contributed by atoms with Crippen LogP contribution in [-0.2, 0) is 55.2 Å². The SMILES string of the molecule is CO.COC(=O)C(Br)c1ccc(C(F)(F)F)cc1.COC(=O)Cc1ccc(C(F)(F)F)cc1.O=C(O)Cc1ccc(C(F)(F)F)cc1. The zero-order chi connectivity index (χ0) is 36.6. The topological polar surface area (TPSA) is 110 Å². The van der Waals surface area contributed by atoms with E-state index in [-0.39, 0.29) is 12.8 Å².